The number of urea groups is 1. The van der Waals surface area contributed by atoms with Crippen LogP contribution in [0.5, 0.6) is 5.75 Å². The van der Waals surface area contributed by atoms with Crippen molar-refractivity contribution in [3.05, 3.63) is 54.1 Å². The van der Waals surface area contributed by atoms with Gasteiger partial charge in [0, 0.05) is 44.0 Å². The van der Waals surface area contributed by atoms with Crippen molar-refractivity contribution in [2.45, 2.75) is 32.4 Å². The number of likely N-dealkylation sites (tertiary alicyclic amines) is 1. The van der Waals surface area contributed by atoms with Crippen molar-refractivity contribution < 1.29 is 14.7 Å². The summed E-state index contributed by atoms with van der Waals surface area (Å²) in [5.74, 6) is 0.132. The fraction of sp³-hybridized carbons (Fsp3) is 0.333. The Hall–Kier alpha value is -3.06. The molecule has 0 aliphatic carbocycles. The van der Waals surface area contributed by atoms with Crippen LogP contribution in [0.3, 0.4) is 0 Å². The first-order valence-electron chi connectivity index (χ1n) is 9.43. The quantitative estimate of drug-likeness (QED) is 0.639. The molecule has 2 aromatic carbocycles. The summed E-state index contributed by atoms with van der Waals surface area (Å²) in [7, 11) is 0. The summed E-state index contributed by atoms with van der Waals surface area (Å²) in [5, 5.41) is 18.1. The van der Waals surface area contributed by atoms with Gasteiger partial charge in [-0.05, 0) is 48.7 Å². The average molecular weight is 382 g/mol. The Bertz CT molecular complexity index is 832. The van der Waals surface area contributed by atoms with Crippen LogP contribution in [-0.4, -0.2) is 41.1 Å². The number of nitrogens with one attached hydrogen (secondary N) is 3. The minimum Gasteiger partial charge on any atom is -0.508 e. The molecule has 3 amide bonds. The third kappa shape index (κ3) is 5.99. The molecule has 0 unspecified atom stereocenters. The van der Waals surface area contributed by atoms with E-state index in [1.807, 2.05) is 12.1 Å². The molecule has 1 heterocycles. The van der Waals surface area contributed by atoms with Crippen molar-refractivity contribution in [1.29, 1.82) is 0 Å². The number of rotatable bonds is 5. The number of piperidine rings is 1. The standard InChI is InChI=1S/C21H26N4O3/c1-15(26)22-18-5-3-6-19(13-18)24-21(28)23-17-8-10-25(11-9-17)14-16-4-2-7-20(27)12-16/h2-7,12-13,17,27H,8-11,14H2,1H3,(H,22,26)(H2,23,24,28). The molecule has 7 heteroatoms. The Morgan fingerprint density at radius 3 is 2.39 bits per heavy atom. The smallest absolute Gasteiger partial charge is 0.319 e. The number of amides is 3. The average Bonchev–Trinajstić information content (AvgIpc) is 2.63. The van der Waals surface area contributed by atoms with E-state index in [1.165, 1.54) is 6.92 Å². The van der Waals surface area contributed by atoms with Crippen molar-refractivity contribution in [3.8, 4) is 5.75 Å². The largest absolute Gasteiger partial charge is 0.508 e. The van der Waals surface area contributed by atoms with Gasteiger partial charge in [-0.1, -0.05) is 18.2 Å². The summed E-state index contributed by atoms with van der Waals surface area (Å²) in [6.07, 6.45) is 1.75. The third-order valence-corrected chi connectivity index (χ3v) is 4.68. The lowest BCUT2D eigenvalue weighted by molar-refractivity contribution is -0.114. The van der Waals surface area contributed by atoms with Crippen LogP contribution in [0.15, 0.2) is 48.5 Å². The van der Waals surface area contributed by atoms with E-state index >= 15 is 0 Å². The summed E-state index contributed by atoms with van der Waals surface area (Å²) >= 11 is 0. The van der Waals surface area contributed by atoms with Gasteiger partial charge in [-0.25, -0.2) is 4.79 Å². The Morgan fingerprint density at radius 1 is 1.04 bits per heavy atom. The molecular weight excluding hydrogens is 356 g/mol. The van der Waals surface area contributed by atoms with Gasteiger partial charge in [0.25, 0.3) is 0 Å². The molecule has 7 nitrogen and oxygen atoms in total. The zero-order chi connectivity index (χ0) is 19.9. The molecule has 3 rings (SSSR count). The van der Waals surface area contributed by atoms with Crippen LogP contribution in [0, 0.1) is 0 Å². The maximum Gasteiger partial charge on any atom is 0.319 e. The molecule has 0 radical (unpaired) electrons. The molecular formula is C21H26N4O3. The van der Waals surface area contributed by atoms with Crippen LogP contribution in [0.25, 0.3) is 0 Å². The zero-order valence-electron chi connectivity index (χ0n) is 15.9. The van der Waals surface area contributed by atoms with Gasteiger partial charge in [0.05, 0.1) is 0 Å². The number of carbonyl (C=O) groups excluding carboxylic acids is 2. The van der Waals surface area contributed by atoms with E-state index in [0.717, 1.165) is 38.0 Å². The van der Waals surface area contributed by atoms with E-state index in [-0.39, 0.29) is 23.7 Å². The molecule has 0 aromatic heterocycles. The molecule has 148 valence electrons. The number of phenols is 1. The monoisotopic (exact) mass is 382 g/mol. The first-order chi connectivity index (χ1) is 13.5. The molecule has 0 spiro atoms. The predicted octanol–water partition coefficient (Wildman–Crippen LogP) is 3.14. The molecule has 2 aromatic rings. The fourth-order valence-electron chi connectivity index (χ4n) is 3.38. The van der Waals surface area contributed by atoms with E-state index in [9.17, 15) is 14.7 Å². The maximum atomic E-state index is 12.3. The number of phenolic OH excluding ortho intramolecular Hbond substituents is 1. The highest BCUT2D eigenvalue weighted by atomic mass is 16.3. The van der Waals surface area contributed by atoms with Gasteiger partial charge in [0.1, 0.15) is 5.75 Å². The van der Waals surface area contributed by atoms with Crippen molar-refractivity contribution in [1.82, 2.24) is 10.2 Å². The van der Waals surface area contributed by atoms with Crippen LogP contribution in [0.2, 0.25) is 0 Å². The summed E-state index contributed by atoms with van der Waals surface area (Å²) in [4.78, 5) is 25.7. The van der Waals surface area contributed by atoms with E-state index in [4.69, 9.17) is 0 Å². The number of hydrogen-bond donors (Lipinski definition) is 4. The summed E-state index contributed by atoms with van der Waals surface area (Å²) in [5.41, 5.74) is 2.36. The topological polar surface area (TPSA) is 93.7 Å². The molecule has 1 aliphatic rings. The van der Waals surface area contributed by atoms with Crippen molar-refractivity contribution in [2.24, 2.45) is 0 Å². The second-order valence-corrected chi connectivity index (χ2v) is 7.08. The second kappa shape index (κ2) is 9.23. The van der Waals surface area contributed by atoms with E-state index in [1.54, 1.807) is 36.4 Å². The van der Waals surface area contributed by atoms with E-state index < -0.39 is 0 Å². The van der Waals surface area contributed by atoms with Crippen molar-refractivity contribution >= 4 is 23.3 Å². The zero-order valence-corrected chi connectivity index (χ0v) is 15.9. The maximum absolute atomic E-state index is 12.3. The normalized spacial score (nSPS) is 15.0. The first-order valence-corrected chi connectivity index (χ1v) is 9.43. The van der Waals surface area contributed by atoms with Gasteiger partial charge >= 0.3 is 6.03 Å². The van der Waals surface area contributed by atoms with Crippen LogP contribution in [0.1, 0.15) is 25.3 Å². The lowest BCUT2D eigenvalue weighted by Gasteiger charge is -2.32. The molecule has 4 N–H and O–H groups in total. The van der Waals surface area contributed by atoms with Gasteiger partial charge in [-0.15, -0.1) is 0 Å². The Labute approximate surface area is 164 Å². The highest BCUT2D eigenvalue weighted by Gasteiger charge is 2.20. The Balaban J connectivity index is 1.44. The number of hydrogen-bond acceptors (Lipinski definition) is 4. The molecule has 0 bridgehead atoms. The van der Waals surface area contributed by atoms with Gasteiger partial charge in [-0.3, -0.25) is 9.69 Å². The van der Waals surface area contributed by atoms with E-state index in [0.29, 0.717) is 11.4 Å². The number of carbonyl (C=O) groups is 2. The van der Waals surface area contributed by atoms with Crippen LogP contribution in [0.4, 0.5) is 16.2 Å². The van der Waals surface area contributed by atoms with Gasteiger partial charge < -0.3 is 21.1 Å². The van der Waals surface area contributed by atoms with E-state index in [2.05, 4.69) is 20.9 Å². The minimum atomic E-state index is -0.244. The lowest BCUT2D eigenvalue weighted by Crippen LogP contribution is -2.45. The van der Waals surface area contributed by atoms with Gasteiger partial charge in [0.15, 0.2) is 0 Å². The number of aromatic hydroxyl groups is 1. The lowest BCUT2D eigenvalue weighted by atomic mass is 10.0. The minimum absolute atomic E-state index is 0.124. The van der Waals surface area contributed by atoms with Crippen LogP contribution >= 0.6 is 0 Å². The SMILES string of the molecule is CC(=O)Nc1cccc(NC(=O)NC2CCN(Cc3cccc(O)c3)CC2)c1. The molecule has 1 aliphatic heterocycles. The molecule has 28 heavy (non-hydrogen) atoms. The van der Waals surface area contributed by atoms with Crippen molar-refractivity contribution in [3.63, 3.8) is 0 Å². The first kappa shape index (κ1) is 19.7. The van der Waals surface area contributed by atoms with Crippen LogP contribution < -0.4 is 16.0 Å². The highest BCUT2D eigenvalue weighted by Crippen LogP contribution is 2.18. The van der Waals surface area contributed by atoms with Crippen LogP contribution in [-0.2, 0) is 11.3 Å². The number of nitrogens with zero attached hydrogens (tertiary/aromatic N) is 1. The second-order valence-electron chi connectivity index (χ2n) is 7.08. The van der Waals surface area contributed by atoms with Gasteiger partial charge in [-0.2, -0.15) is 0 Å². The molecule has 1 fully saturated rings. The predicted molar refractivity (Wildman–Crippen MR) is 109 cm³/mol. The third-order valence-electron chi connectivity index (χ3n) is 4.68. The Morgan fingerprint density at radius 2 is 1.71 bits per heavy atom. The summed E-state index contributed by atoms with van der Waals surface area (Å²) in [6, 6.07) is 14.2. The van der Waals surface area contributed by atoms with Gasteiger partial charge in [0.2, 0.25) is 5.91 Å². The van der Waals surface area contributed by atoms with Crippen molar-refractivity contribution in [2.75, 3.05) is 23.7 Å². The number of benzene rings is 2. The molecule has 0 atom stereocenters. The molecule has 0 saturated carbocycles. The molecule has 1 saturated heterocycles. The fourth-order valence-corrected chi connectivity index (χ4v) is 3.38. The summed E-state index contributed by atoms with van der Waals surface area (Å²) < 4.78 is 0. The number of anilines is 2. The Kier molecular flexibility index (Phi) is 6.49. The highest BCUT2D eigenvalue weighted by molar-refractivity contribution is 5.92. The summed E-state index contributed by atoms with van der Waals surface area (Å²) in [6.45, 7) is 4.01.